The fourth-order valence-corrected chi connectivity index (χ4v) is 2.68. The summed E-state index contributed by atoms with van der Waals surface area (Å²) >= 11 is 0. The number of hydrogen-bond acceptors (Lipinski definition) is 4. The molecule has 2 atom stereocenters. The van der Waals surface area contributed by atoms with Crippen molar-refractivity contribution < 1.29 is 9.47 Å². The lowest BCUT2D eigenvalue weighted by Gasteiger charge is -2.37. The van der Waals surface area contributed by atoms with Gasteiger partial charge in [-0.3, -0.25) is 0 Å². The van der Waals surface area contributed by atoms with E-state index in [2.05, 4.69) is 24.2 Å². The third-order valence-electron chi connectivity index (χ3n) is 4.03. The van der Waals surface area contributed by atoms with Crippen LogP contribution < -0.4 is 5.32 Å². The van der Waals surface area contributed by atoms with Gasteiger partial charge in [-0.05, 0) is 26.4 Å². The molecule has 0 saturated carbocycles. The van der Waals surface area contributed by atoms with Crippen molar-refractivity contribution in [3.8, 4) is 0 Å². The van der Waals surface area contributed by atoms with Crippen molar-refractivity contribution in [1.82, 2.24) is 10.2 Å². The third-order valence-corrected chi connectivity index (χ3v) is 4.03. The summed E-state index contributed by atoms with van der Waals surface area (Å²) in [6.07, 6.45) is 3.32. The second-order valence-electron chi connectivity index (χ2n) is 5.37. The minimum atomic E-state index is 0.0343. The Balaban J connectivity index is 1.70. The van der Waals surface area contributed by atoms with Crippen LogP contribution >= 0.6 is 0 Å². The topological polar surface area (TPSA) is 33.7 Å². The first kappa shape index (κ1) is 13.3. The van der Waals surface area contributed by atoms with E-state index in [1.807, 2.05) is 0 Å². The molecule has 0 aromatic rings. The summed E-state index contributed by atoms with van der Waals surface area (Å²) in [5.41, 5.74) is 0.0343. The van der Waals surface area contributed by atoms with Gasteiger partial charge in [0.15, 0.2) is 0 Å². The monoisotopic (exact) mass is 242 g/mol. The van der Waals surface area contributed by atoms with E-state index in [4.69, 9.17) is 9.47 Å². The van der Waals surface area contributed by atoms with Crippen LogP contribution in [0.25, 0.3) is 0 Å². The molecule has 0 bridgehead atoms. The van der Waals surface area contributed by atoms with E-state index in [0.29, 0.717) is 6.04 Å². The summed E-state index contributed by atoms with van der Waals surface area (Å²) in [5, 5.41) is 3.66. The molecule has 0 aromatic carbocycles. The highest BCUT2D eigenvalue weighted by molar-refractivity contribution is 4.92. The standard InChI is InChI=1S/C13H26N2O2/c1-3-15(2)7-6-14-12-4-8-17-13(10-12)5-9-16-11-13/h12,14H,3-11H2,1-2H3. The smallest absolute Gasteiger partial charge is 0.0951 e. The molecule has 0 aliphatic carbocycles. The lowest BCUT2D eigenvalue weighted by Crippen LogP contribution is -2.48. The zero-order valence-electron chi connectivity index (χ0n) is 11.2. The normalized spacial score (nSPS) is 33.7. The predicted molar refractivity (Wildman–Crippen MR) is 68.3 cm³/mol. The average Bonchev–Trinajstić information content (AvgIpc) is 2.77. The zero-order chi connectivity index (χ0) is 12.1. The highest BCUT2D eigenvalue weighted by atomic mass is 16.6. The maximum absolute atomic E-state index is 5.93. The second kappa shape index (κ2) is 6.14. The van der Waals surface area contributed by atoms with Crippen LogP contribution in [0.4, 0.5) is 0 Å². The highest BCUT2D eigenvalue weighted by Gasteiger charge is 2.40. The summed E-state index contributed by atoms with van der Waals surface area (Å²) in [6.45, 7) is 8.05. The molecule has 0 radical (unpaired) electrons. The van der Waals surface area contributed by atoms with E-state index in [-0.39, 0.29) is 5.60 Å². The Morgan fingerprint density at radius 2 is 2.29 bits per heavy atom. The van der Waals surface area contributed by atoms with Crippen LogP contribution in [-0.2, 0) is 9.47 Å². The Bertz CT molecular complexity index is 229. The Morgan fingerprint density at radius 1 is 1.41 bits per heavy atom. The van der Waals surface area contributed by atoms with E-state index in [0.717, 1.165) is 58.7 Å². The molecule has 17 heavy (non-hydrogen) atoms. The first-order valence-corrected chi connectivity index (χ1v) is 6.88. The van der Waals surface area contributed by atoms with Crippen molar-refractivity contribution in [2.75, 3.05) is 46.5 Å². The molecule has 2 rings (SSSR count). The molecule has 0 amide bonds. The molecule has 1 spiro atoms. The maximum Gasteiger partial charge on any atom is 0.0951 e. The quantitative estimate of drug-likeness (QED) is 0.775. The summed E-state index contributed by atoms with van der Waals surface area (Å²) in [6, 6.07) is 0.607. The summed E-state index contributed by atoms with van der Waals surface area (Å²) in [7, 11) is 2.16. The van der Waals surface area contributed by atoms with Crippen LogP contribution in [0.15, 0.2) is 0 Å². The van der Waals surface area contributed by atoms with Crippen molar-refractivity contribution >= 4 is 0 Å². The third kappa shape index (κ3) is 3.65. The first-order valence-electron chi connectivity index (χ1n) is 6.88. The van der Waals surface area contributed by atoms with Gasteiger partial charge in [-0.2, -0.15) is 0 Å². The van der Waals surface area contributed by atoms with Crippen molar-refractivity contribution in [3.63, 3.8) is 0 Å². The molecule has 100 valence electrons. The van der Waals surface area contributed by atoms with Crippen LogP contribution in [0, 0.1) is 0 Å². The van der Waals surface area contributed by atoms with Crippen LogP contribution in [-0.4, -0.2) is 63.0 Å². The van der Waals surface area contributed by atoms with Crippen molar-refractivity contribution in [1.29, 1.82) is 0 Å². The number of nitrogens with zero attached hydrogens (tertiary/aromatic N) is 1. The summed E-state index contributed by atoms with van der Waals surface area (Å²) in [4.78, 5) is 2.33. The van der Waals surface area contributed by atoms with E-state index in [1.54, 1.807) is 0 Å². The Morgan fingerprint density at radius 3 is 3.00 bits per heavy atom. The molecule has 1 N–H and O–H groups in total. The van der Waals surface area contributed by atoms with E-state index in [1.165, 1.54) is 0 Å². The van der Waals surface area contributed by atoms with Gasteiger partial charge in [0.05, 0.1) is 12.2 Å². The highest BCUT2D eigenvalue weighted by Crippen LogP contribution is 2.32. The van der Waals surface area contributed by atoms with E-state index >= 15 is 0 Å². The van der Waals surface area contributed by atoms with Gasteiger partial charge >= 0.3 is 0 Å². The minimum absolute atomic E-state index is 0.0343. The fourth-order valence-electron chi connectivity index (χ4n) is 2.68. The maximum atomic E-state index is 5.93. The molecule has 2 aliphatic heterocycles. The molecular weight excluding hydrogens is 216 g/mol. The molecule has 2 fully saturated rings. The molecule has 2 unspecified atom stereocenters. The molecule has 2 heterocycles. The zero-order valence-corrected chi connectivity index (χ0v) is 11.2. The largest absolute Gasteiger partial charge is 0.378 e. The molecule has 4 nitrogen and oxygen atoms in total. The van der Waals surface area contributed by atoms with Gasteiger partial charge in [0.2, 0.25) is 0 Å². The van der Waals surface area contributed by atoms with Gasteiger partial charge in [-0.15, -0.1) is 0 Å². The van der Waals surface area contributed by atoms with Gasteiger partial charge in [0.1, 0.15) is 0 Å². The molecule has 0 aromatic heterocycles. The van der Waals surface area contributed by atoms with Crippen LogP contribution in [0.5, 0.6) is 0 Å². The Kier molecular flexibility index (Phi) is 4.79. The van der Waals surface area contributed by atoms with E-state index < -0.39 is 0 Å². The first-order chi connectivity index (χ1) is 8.24. The van der Waals surface area contributed by atoms with Crippen molar-refractivity contribution in [2.24, 2.45) is 0 Å². The summed E-state index contributed by atoms with van der Waals surface area (Å²) in [5.74, 6) is 0. The molecule has 4 heteroatoms. The minimum Gasteiger partial charge on any atom is -0.378 e. The van der Waals surface area contributed by atoms with Gasteiger partial charge in [0, 0.05) is 38.8 Å². The SMILES string of the molecule is CCN(C)CCNC1CCOC2(CCOC2)C1. The number of likely N-dealkylation sites (N-methyl/N-ethyl adjacent to an activating group) is 1. The molecule has 2 aliphatic rings. The van der Waals surface area contributed by atoms with Gasteiger partial charge in [-0.1, -0.05) is 6.92 Å². The van der Waals surface area contributed by atoms with E-state index in [9.17, 15) is 0 Å². The Hall–Kier alpha value is -0.160. The summed E-state index contributed by atoms with van der Waals surface area (Å²) < 4.78 is 11.4. The van der Waals surface area contributed by atoms with Gasteiger partial charge in [0.25, 0.3) is 0 Å². The number of rotatable bonds is 5. The van der Waals surface area contributed by atoms with Crippen molar-refractivity contribution in [3.05, 3.63) is 0 Å². The average molecular weight is 242 g/mol. The lowest BCUT2D eigenvalue weighted by atomic mass is 9.90. The molecular formula is C13H26N2O2. The fraction of sp³-hybridized carbons (Fsp3) is 1.00. The predicted octanol–water partition coefficient (Wildman–Crippen LogP) is 0.866. The lowest BCUT2D eigenvalue weighted by molar-refractivity contribution is -0.0893. The number of nitrogens with one attached hydrogen (secondary N) is 1. The molecule has 2 saturated heterocycles. The van der Waals surface area contributed by atoms with Crippen molar-refractivity contribution in [2.45, 2.75) is 37.8 Å². The second-order valence-corrected chi connectivity index (χ2v) is 5.37. The Labute approximate surface area is 105 Å². The van der Waals surface area contributed by atoms with Crippen LogP contribution in [0.1, 0.15) is 26.2 Å². The van der Waals surface area contributed by atoms with Crippen LogP contribution in [0.3, 0.4) is 0 Å². The van der Waals surface area contributed by atoms with Gasteiger partial charge in [-0.25, -0.2) is 0 Å². The number of ether oxygens (including phenoxy) is 2. The van der Waals surface area contributed by atoms with Crippen LogP contribution in [0.2, 0.25) is 0 Å². The number of hydrogen-bond donors (Lipinski definition) is 1. The van der Waals surface area contributed by atoms with Gasteiger partial charge < -0.3 is 19.7 Å².